The van der Waals surface area contributed by atoms with Crippen LogP contribution in [0.4, 0.5) is 30.7 Å². The average Bonchev–Trinajstić information content (AvgIpc) is 3.12. The predicted molar refractivity (Wildman–Crippen MR) is 108 cm³/mol. The third-order valence-electron chi connectivity index (χ3n) is 6.04. The van der Waals surface area contributed by atoms with Crippen LogP contribution >= 0.6 is 0 Å². The topological polar surface area (TPSA) is 113 Å². The molecule has 0 bridgehead atoms. The number of hydrogen-bond acceptors (Lipinski definition) is 5. The first-order chi connectivity index (χ1) is 16.2. The van der Waals surface area contributed by atoms with Crippen LogP contribution in [0.25, 0.3) is 0 Å². The summed E-state index contributed by atoms with van der Waals surface area (Å²) in [5, 5.41) is 12.5. The number of hydrogen-bond donors (Lipinski definition) is 2. The van der Waals surface area contributed by atoms with Gasteiger partial charge in [0, 0.05) is 44.3 Å². The zero-order chi connectivity index (χ0) is 27.1. The number of amides is 1. The third-order valence-corrected chi connectivity index (χ3v) is 7.14. The van der Waals surface area contributed by atoms with Crippen molar-refractivity contribution in [1.82, 2.24) is 14.5 Å². The second-order valence-corrected chi connectivity index (χ2v) is 11.7. The van der Waals surface area contributed by atoms with Gasteiger partial charge in [-0.15, -0.1) is 0 Å². The van der Waals surface area contributed by atoms with E-state index < -0.39 is 92.8 Å². The van der Waals surface area contributed by atoms with Gasteiger partial charge in [-0.05, 0) is 11.5 Å². The second-order valence-electron chi connectivity index (χ2n) is 9.63. The van der Waals surface area contributed by atoms with Crippen LogP contribution in [0.5, 0.6) is 0 Å². The Kier molecular flexibility index (Phi) is 5.66. The minimum atomic E-state index is -5.30. The predicted octanol–water partition coefficient (Wildman–Crippen LogP) is 4.28. The molecule has 0 aliphatic heterocycles. The fourth-order valence-electron chi connectivity index (χ4n) is 4.51. The quantitative estimate of drug-likeness (QED) is 0.433. The fourth-order valence-corrected chi connectivity index (χ4v) is 5.27. The van der Waals surface area contributed by atoms with Crippen LogP contribution in [-0.4, -0.2) is 47.9 Å². The normalized spacial score (nSPS) is 24.1. The Balaban J connectivity index is 1.88. The molecule has 2 atom stereocenters. The molecule has 2 aliphatic rings. The maximum Gasteiger partial charge on any atom is 0.420 e. The number of nitrogens with zero attached hydrogens (tertiary/aromatic N) is 4. The van der Waals surface area contributed by atoms with Gasteiger partial charge in [-0.1, -0.05) is 6.92 Å². The molecule has 2 heterocycles. The zero-order valence-electron chi connectivity index (χ0n) is 18.7. The Morgan fingerprint density at radius 1 is 1.31 bits per heavy atom. The smallest absolute Gasteiger partial charge is 0.420 e. The number of alkyl halides is 7. The summed E-state index contributed by atoms with van der Waals surface area (Å²) in [6.07, 6.45) is -5.82. The number of rotatable bonds is 5. The van der Waals surface area contributed by atoms with Gasteiger partial charge < -0.3 is 5.21 Å². The van der Waals surface area contributed by atoms with E-state index in [1.54, 1.807) is 0 Å². The first kappa shape index (κ1) is 26.2. The summed E-state index contributed by atoms with van der Waals surface area (Å²) in [6, 6.07) is 1.81. The molecular formula is C20H20F7N5O3S. The van der Waals surface area contributed by atoms with E-state index in [1.165, 1.54) is 6.92 Å². The van der Waals surface area contributed by atoms with Crippen LogP contribution in [-0.2, 0) is 22.5 Å². The second kappa shape index (κ2) is 7.79. The molecular weight excluding hydrogens is 523 g/mol. The molecule has 4 rings (SSSR count). The standard InChI is InChI=1S/C20H20F7N5O3S/c1-17(7-18(21,22)8-17)9-31-15(13(20(25,26)27)14(30-31)11-6-19(11,23)24)16(33)29-10-3-4-32(34)12(5-10)36(2,28)35/h3-5,11,28,34H,6-9H2,1-2H3. The lowest BCUT2D eigenvalue weighted by atomic mass is 9.67. The molecule has 36 heavy (non-hydrogen) atoms. The first-order valence-electron chi connectivity index (χ1n) is 10.4. The van der Waals surface area contributed by atoms with E-state index in [0.717, 1.165) is 24.6 Å². The molecule has 1 amide bonds. The Morgan fingerprint density at radius 3 is 2.36 bits per heavy atom. The van der Waals surface area contributed by atoms with Gasteiger partial charge in [0.15, 0.2) is 5.03 Å². The van der Waals surface area contributed by atoms with Crippen LogP contribution in [0, 0.1) is 10.2 Å². The molecule has 8 nitrogen and oxygen atoms in total. The third kappa shape index (κ3) is 4.86. The van der Waals surface area contributed by atoms with Crippen molar-refractivity contribution >= 4 is 15.6 Å². The van der Waals surface area contributed by atoms with Crippen LogP contribution < -0.4 is 5.36 Å². The van der Waals surface area contributed by atoms with Crippen molar-refractivity contribution in [3.8, 4) is 0 Å². The van der Waals surface area contributed by atoms with Gasteiger partial charge in [0.25, 0.3) is 11.8 Å². The summed E-state index contributed by atoms with van der Waals surface area (Å²) < 4.78 is 117. The Hall–Kier alpha value is -2.91. The highest BCUT2D eigenvalue weighted by Crippen LogP contribution is 2.58. The van der Waals surface area contributed by atoms with Gasteiger partial charge in [0.2, 0.25) is 5.92 Å². The number of pyridine rings is 1. The molecule has 198 valence electrons. The molecule has 2 unspecified atom stereocenters. The van der Waals surface area contributed by atoms with Gasteiger partial charge in [-0.3, -0.25) is 9.48 Å². The van der Waals surface area contributed by atoms with Crippen molar-refractivity contribution in [2.75, 3.05) is 6.26 Å². The Labute approximate surface area is 199 Å². The molecule has 2 aromatic heterocycles. The van der Waals surface area contributed by atoms with Crippen LogP contribution in [0.2, 0.25) is 0 Å². The molecule has 0 radical (unpaired) electrons. The summed E-state index contributed by atoms with van der Waals surface area (Å²) in [6.45, 7) is 0.776. The zero-order valence-corrected chi connectivity index (χ0v) is 19.6. The van der Waals surface area contributed by atoms with E-state index in [0.29, 0.717) is 9.41 Å². The first-order valence-corrected chi connectivity index (χ1v) is 12.4. The van der Waals surface area contributed by atoms with Gasteiger partial charge in [0.05, 0.1) is 26.7 Å². The molecule has 16 heteroatoms. The lowest BCUT2D eigenvalue weighted by Gasteiger charge is -2.44. The highest BCUT2D eigenvalue weighted by molar-refractivity contribution is 7.91. The van der Waals surface area contributed by atoms with E-state index in [4.69, 9.17) is 4.78 Å². The Bertz CT molecular complexity index is 1420. The molecule has 0 saturated heterocycles. The van der Waals surface area contributed by atoms with Crippen LogP contribution in [0.1, 0.15) is 53.8 Å². The monoisotopic (exact) mass is 543 g/mol. The lowest BCUT2D eigenvalue weighted by molar-refractivity contribution is -0.160. The average molecular weight is 543 g/mol. The van der Waals surface area contributed by atoms with Crippen molar-refractivity contribution in [3.63, 3.8) is 0 Å². The lowest BCUT2D eigenvalue weighted by Crippen LogP contribution is -2.47. The van der Waals surface area contributed by atoms with Gasteiger partial charge in [0.1, 0.15) is 11.3 Å². The molecule has 0 aromatic carbocycles. The fraction of sp³-hybridized carbons (Fsp3) is 0.550. The number of carbonyl (C=O) groups excluding carboxylic acids is 1. The Morgan fingerprint density at radius 2 is 1.89 bits per heavy atom. The molecule has 2 N–H and O–H groups in total. The number of nitrogens with one attached hydrogen (secondary N) is 1. The number of aromatic nitrogens is 3. The van der Waals surface area contributed by atoms with Crippen molar-refractivity contribution in [3.05, 3.63) is 40.6 Å². The molecule has 2 fully saturated rings. The van der Waals surface area contributed by atoms with Gasteiger partial charge >= 0.3 is 6.18 Å². The minimum absolute atomic E-state index is 0.315. The van der Waals surface area contributed by atoms with E-state index in [-0.39, 0.29) is 5.36 Å². The SMILES string of the molecule is CC1(Cn2nc(C3CC3(F)F)c(C(F)(F)F)c2C(=O)N=c2ccn(O)c(S(C)(=N)=O)c2)CC(F)(F)C1. The van der Waals surface area contributed by atoms with Gasteiger partial charge in [-0.2, -0.15) is 23.0 Å². The summed E-state index contributed by atoms with van der Waals surface area (Å²) >= 11 is 0. The maximum atomic E-state index is 14.1. The van der Waals surface area contributed by atoms with Crippen molar-refractivity contribution < 1.29 is 44.9 Å². The van der Waals surface area contributed by atoms with E-state index in [2.05, 4.69) is 10.1 Å². The minimum Gasteiger partial charge on any atom is -0.428 e. The van der Waals surface area contributed by atoms with Crippen molar-refractivity contribution in [2.45, 2.75) is 61.7 Å². The summed E-state index contributed by atoms with van der Waals surface area (Å²) in [4.78, 5) is 16.6. The van der Waals surface area contributed by atoms with Crippen molar-refractivity contribution in [1.29, 1.82) is 4.78 Å². The summed E-state index contributed by atoms with van der Waals surface area (Å²) in [7, 11) is -3.55. The highest BCUT2D eigenvalue weighted by Gasteiger charge is 2.62. The molecule has 0 spiro atoms. The van der Waals surface area contributed by atoms with Crippen LogP contribution in [0.15, 0.2) is 28.3 Å². The number of carbonyl (C=O) groups is 1. The van der Waals surface area contributed by atoms with Crippen LogP contribution in [0.3, 0.4) is 0 Å². The highest BCUT2D eigenvalue weighted by atomic mass is 32.2. The van der Waals surface area contributed by atoms with Gasteiger partial charge in [-0.25, -0.2) is 31.5 Å². The molecule has 2 saturated carbocycles. The van der Waals surface area contributed by atoms with Crippen molar-refractivity contribution in [2.24, 2.45) is 10.4 Å². The maximum absolute atomic E-state index is 14.1. The molecule has 2 aliphatic carbocycles. The number of halogens is 7. The summed E-state index contributed by atoms with van der Waals surface area (Å²) in [5.41, 5.74) is -5.23. The molecule has 2 aromatic rings. The largest absolute Gasteiger partial charge is 0.428 e. The summed E-state index contributed by atoms with van der Waals surface area (Å²) in [5.74, 6) is -9.99. The van der Waals surface area contributed by atoms with E-state index in [9.17, 15) is 44.9 Å². The van der Waals surface area contributed by atoms with E-state index >= 15 is 0 Å². The van der Waals surface area contributed by atoms with E-state index in [1.807, 2.05) is 0 Å².